The smallest absolute Gasteiger partial charge is 0.410 e. The van der Waals surface area contributed by atoms with Crippen LogP contribution in [0.1, 0.15) is 64.0 Å². The van der Waals surface area contributed by atoms with Gasteiger partial charge in [-0.2, -0.15) is 0 Å². The molecule has 2 unspecified atom stereocenters. The highest BCUT2D eigenvalue weighted by atomic mass is 16.6. The molecular weight excluding hydrogens is 362 g/mol. The first kappa shape index (κ1) is 20.7. The van der Waals surface area contributed by atoms with Gasteiger partial charge in [0.1, 0.15) is 5.60 Å². The molecule has 0 bridgehead atoms. The fourth-order valence-corrected chi connectivity index (χ4v) is 5.44. The van der Waals surface area contributed by atoms with Crippen LogP contribution in [0.5, 0.6) is 0 Å². The maximum Gasteiger partial charge on any atom is 0.410 e. The van der Waals surface area contributed by atoms with E-state index in [4.69, 9.17) is 4.74 Å². The fraction of sp³-hybridized carbons (Fsp3) is 0.708. The maximum atomic E-state index is 12.3. The van der Waals surface area contributed by atoms with Gasteiger partial charge in [-0.25, -0.2) is 4.79 Å². The van der Waals surface area contributed by atoms with Crippen molar-refractivity contribution in [3.63, 3.8) is 0 Å². The highest BCUT2D eigenvalue weighted by Gasteiger charge is 2.56. The molecule has 0 aliphatic carbocycles. The van der Waals surface area contributed by atoms with Gasteiger partial charge in [-0.3, -0.25) is 4.90 Å². The number of likely N-dealkylation sites (tertiary alicyclic amines) is 2. The Balaban J connectivity index is 1.38. The van der Waals surface area contributed by atoms with Crippen LogP contribution >= 0.6 is 0 Å². The van der Waals surface area contributed by atoms with E-state index in [1.165, 1.54) is 17.5 Å². The van der Waals surface area contributed by atoms with Crippen LogP contribution in [0.15, 0.2) is 24.3 Å². The minimum Gasteiger partial charge on any atom is -0.444 e. The van der Waals surface area contributed by atoms with Gasteiger partial charge in [0.25, 0.3) is 0 Å². The number of carbonyl (C=O) groups excluding carboxylic acids is 1. The fourth-order valence-electron chi connectivity index (χ4n) is 5.44. The molecule has 3 aliphatic rings. The monoisotopic (exact) mass is 399 g/mol. The van der Waals surface area contributed by atoms with Gasteiger partial charge in [0.05, 0.1) is 0 Å². The highest BCUT2D eigenvalue weighted by Crippen LogP contribution is 2.44. The number of carbonyl (C=O) groups is 1. The number of hydrogen-bond acceptors (Lipinski definition) is 4. The quantitative estimate of drug-likeness (QED) is 0.840. The van der Waals surface area contributed by atoms with Crippen LogP contribution in [-0.2, 0) is 4.74 Å². The summed E-state index contributed by atoms with van der Waals surface area (Å²) in [4.78, 5) is 16.8. The van der Waals surface area contributed by atoms with E-state index in [1.54, 1.807) is 0 Å². The average molecular weight is 400 g/mol. The summed E-state index contributed by atoms with van der Waals surface area (Å²) in [6, 6.07) is 9.59. The Morgan fingerprint density at radius 1 is 1.17 bits per heavy atom. The SMILES string of the molecule is CC(C)c1ccccc1C1CNCCC1N1CC2(CN(C(=O)OC(C)(C)C)C2)C1. The number of nitrogens with one attached hydrogen (secondary N) is 1. The lowest BCUT2D eigenvalue weighted by Crippen LogP contribution is -2.75. The summed E-state index contributed by atoms with van der Waals surface area (Å²) in [7, 11) is 0. The van der Waals surface area contributed by atoms with Gasteiger partial charge < -0.3 is 15.0 Å². The van der Waals surface area contributed by atoms with Gasteiger partial charge in [0.2, 0.25) is 0 Å². The van der Waals surface area contributed by atoms with Crippen molar-refractivity contribution in [2.45, 2.75) is 64.5 Å². The van der Waals surface area contributed by atoms with Crippen LogP contribution in [0.4, 0.5) is 4.79 Å². The molecule has 1 aromatic rings. The molecule has 1 spiro atoms. The van der Waals surface area contributed by atoms with E-state index in [0.29, 0.717) is 23.3 Å². The van der Waals surface area contributed by atoms with Crippen LogP contribution in [-0.4, -0.2) is 66.8 Å². The Morgan fingerprint density at radius 2 is 1.86 bits per heavy atom. The molecule has 3 heterocycles. The predicted molar refractivity (Wildman–Crippen MR) is 116 cm³/mol. The Bertz CT molecular complexity index is 741. The molecule has 2 atom stereocenters. The topological polar surface area (TPSA) is 44.8 Å². The van der Waals surface area contributed by atoms with E-state index >= 15 is 0 Å². The summed E-state index contributed by atoms with van der Waals surface area (Å²) in [5.41, 5.74) is 2.88. The van der Waals surface area contributed by atoms with Crippen LogP contribution in [0.25, 0.3) is 0 Å². The van der Waals surface area contributed by atoms with Crippen molar-refractivity contribution in [2.24, 2.45) is 5.41 Å². The molecule has 3 aliphatic heterocycles. The maximum absolute atomic E-state index is 12.3. The Morgan fingerprint density at radius 3 is 2.52 bits per heavy atom. The van der Waals surface area contributed by atoms with Gasteiger partial charge in [-0.15, -0.1) is 0 Å². The molecule has 1 aromatic carbocycles. The van der Waals surface area contributed by atoms with Crippen molar-refractivity contribution in [3.05, 3.63) is 35.4 Å². The first-order valence-corrected chi connectivity index (χ1v) is 11.2. The lowest BCUT2D eigenvalue weighted by atomic mass is 9.70. The van der Waals surface area contributed by atoms with Crippen LogP contribution in [0.2, 0.25) is 0 Å². The first-order valence-electron chi connectivity index (χ1n) is 11.2. The van der Waals surface area contributed by atoms with Crippen molar-refractivity contribution in [1.82, 2.24) is 15.1 Å². The highest BCUT2D eigenvalue weighted by molar-refractivity contribution is 5.69. The average Bonchev–Trinajstić information content (AvgIpc) is 2.58. The third kappa shape index (κ3) is 4.17. The largest absolute Gasteiger partial charge is 0.444 e. The molecule has 1 N–H and O–H groups in total. The zero-order valence-corrected chi connectivity index (χ0v) is 18.7. The second-order valence-electron chi connectivity index (χ2n) is 10.7. The number of benzene rings is 1. The zero-order chi connectivity index (χ0) is 20.8. The first-order chi connectivity index (χ1) is 13.7. The van der Waals surface area contributed by atoms with Gasteiger partial charge in [-0.1, -0.05) is 38.1 Å². The van der Waals surface area contributed by atoms with Gasteiger partial charge >= 0.3 is 6.09 Å². The van der Waals surface area contributed by atoms with Crippen molar-refractivity contribution >= 4 is 6.09 Å². The summed E-state index contributed by atoms with van der Waals surface area (Å²) in [5, 5.41) is 3.63. The number of hydrogen-bond donors (Lipinski definition) is 1. The molecule has 3 fully saturated rings. The molecule has 4 rings (SSSR count). The molecular formula is C24H37N3O2. The van der Waals surface area contributed by atoms with E-state index < -0.39 is 5.60 Å². The summed E-state index contributed by atoms with van der Waals surface area (Å²) >= 11 is 0. The zero-order valence-electron chi connectivity index (χ0n) is 18.7. The van der Waals surface area contributed by atoms with E-state index in [2.05, 4.69) is 48.3 Å². The van der Waals surface area contributed by atoms with Gasteiger partial charge in [0.15, 0.2) is 0 Å². The van der Waals surface area contributed by atoms with E-state index in [-0.39, 0.29) is 6.09 Å². The third-order valence-corrected chi connectivity index (χ3v) is 6.71. The second-order valence-corrected chi connectivity index (χ2v) is 10.7. The van der Waals surface area contributed by atoms with E-state index in [9.17, 15) is 4.79 Å². The number of rotatable bonds is 3. The molecule has 29 heavy (non-hydrogen) atoms. The van der Waals surface area contributed by atoms with E-state index in [0.717, 1.165) is 39.3 Å². The van der Waals surface area contributed by atoms with Crippen LogP contribution < -0.4 is 5.32 Å². The standard InChI is InChI=1S/C24H37N3O2/c1-17(2)18-8-6-7-9-19(18)20-12-25-11-10-21(20)26-13-24(14-26)15-27(16-24)22(28)29-23(3,4)5/h6-9,17,20-21,25H,10-16H2,1-5H3. The molecule has 3 saturated heterocycles. The van der Waals surface area contributed by atoms with E-state index in [1.807, 2.05) is 25.7 Å². The number of nitrogens with zero attached hydrogens (tertiary/aromatic N) is 2. The van der Waals surface area contributed by atoms with Crippen molar-refractivity contribution < 1.29 is 9.53 Å². The predicted octanol–water partition coefficient (Wildman–Crippen LogP) is 3.81. The van der Waals surface area contributed by atoms with Gasteiger partial charge in [0, 0.05) is 50.1 Å². The Hall–Kier alpha value is -1.59. The van der Waals surface area contributed by atoms with Crippen molar-refractivity contribution in [2.75, 3.05) is 39.3 Å². The Kier molecular flexibility index (Phi) is 5.41. The second kappa shape index (κ2) is 7.59. The summed E-state index contributed by atoms with van der Waals surface area (Å²) in [6.45, 7) is 16.4. The van der Waals surface area contributed by atoms with Crippen molar-refractivity contribution in [3.8, 4) is 0 Å². The molecule has 0 saturated carbocycles. The molecule has 0 aromatic heterocycles. The summed E-state index contributed by atoms with van der Waals surface area (Å²) in [5.74, 6) is 1.09. The third-order valence-electron chi connectivity index (χ3n) is 6.71. The minimum absolute atomic E-state index is 0.160. The molecule has 5 nitrogen and oxygen atoms in total. The molecule has 160 valence electrons. The molecule has 1 amide bonds. The number of ether oxygens (including phenoxy) is 1. The lowest BCUT2D eigenvalue weighted by Gasteiger charge is -2.62. The van der Waals surface area contributed by atoms with Crippen LogP contribution in [0.3, 0.4) is 0 Å². The van der Waals surface area contributed by atoms with Crippen molar-refractivity contribution in [1.29, 1.82) is 0 Å². The summed E-state index contributed by atoms with van der Waals surface area (Å²) < 4.78 is 5.52. The Labute approximate surface area is 175 Å². The molecule has 5 heteroatoms. The van der Waals surface area contributed by atoms with Gasteiger partial charge in [-0.05, 0) is 50.8 Å². The van der Waals surface area contributed by atoms with Crippen LogP contribution in [0, 0.1) is 5.41 Å². The molecule has 0 radical (unpaired) electrons. The number of piperidine rings is 1. The number of amides is 1. The lowest BCUT2D eigenvalue weighted by molar-refractivity contribution is -0.131. The normalized spacial score (nSPS) is 26.9. The minimum atomic E-state index is -0.419. The summed E-state index contributed by atoms with van der Waals surface area (Å²) in [6.07, 6.45) is 1.04.